The van der Waals surface area contributed by atoms with Crippen LogP contribution in [0.3, 0.4) is 0 Å². The lowest BCUT2D eigenvalue weighted by molar-refractivity contribution is -0.363. The third-order valence-electron chi connectivity index (χ3n) is 13.4. The second-order valence-electron chi connectivity index (χ2n) is 19.8. The zero-order valence-corrected chi connectivity index (χ0v) is 43.4. The standard InChI is InChI=1S/C50H78O26/c1-8-50(7,76-49-43(66)39(62)45(29(73-49)22-68-33(56)19-31(53)54)75-48-41(64)37(60)35(58)27(6)71-48)17-11-16-24(3)13-9-12-23(2)14-10-15-25(4)20-69-46-42(65)38(61)44(28(72-46)21-67-32(55)18-30(51)52)74-47-40(63)36(59)34(57)26(5)70-47/h8,12,15-16,26-29,34-49,57-66H,1,9-11,13-14,17-22H2,2-7H3,(H,51,52)(H,53,54)/b23-12+,24-16+,25-15-/t26-,27-,28+,29+,34-,35-,36+,37+,38+,39+,40+,41+,42+,43+,44-,45+,46+,47-,48-,49-,50+/m0/s1. The zero-order chi connectivity index (χ0) is 56.8. The first kappa shape index (κ1) is 64.6. The predicted molar refractivity (Wildman–Crippen MR) is 257 cm³/mol. The van der Waals surface area contributed by atoms with E-state index >= 15 is 0 Å². The van der Waals surface area contributed by atoms with Gasteiger partial charge < -0.3 is 109 Å². The molecule has 0 radical (unpaired) electrons. The number of hydrogen-bond donors (Lipinski definition) is 12. The zero-order valence-electron chi connectivity index (χ0n) is 43.4. The summed E-state index contributed by atoms with van der Waals surface area (Å²) in [4.78, 5) is 46.3. The number of carboxylic acid groups (broad SMARTS) is 2. The molecule has 4 fully saturated rings. The molecule has 0 bridgehead atoms. The summed E-state index contributed by atoms with van der Waals surface area (Å²) in [5.41, 5.74) is 1.78. The van der Waals surface area contributed by atoms with Crippen molar-refractivity contribution >= 4 is 23.9 Å². The van der Waals surface area contributed by atoms with Gasteiger partial charge in [0.25, 0.3) is 0 Å². The molecule has 0 aromatic rings. The molecule has 4 saturated heterocycles. The minimum Gasteiger partial charge on any atom is -0.481 e. The summed E-state index contributed by atoms with van der Waals surface area (Å²) >= 11 is 0. The average molecular weight is 1100 g/mol. The van der Waals surface area contributed by atoms with Crippen LogP contribution in [0.2, 0.25) is 0 Å². The van der Waals surface area contributed by atoms with Gasteiger partial charge in [0.1, 0.15) is 112 Å². The van der Waals surface area contributed by atoms with Gasteiger partial charge in [-0.05, 0) is 80.1 Å². The van der Waals surface area contributed by atoms with Crippen molar-refractivity contribution in [2.24, 2.45) is 0 Å². The average Bonchev–Trinajstić information content (AvgIpc) is 3.35. The molecule has 4 rings (SSSR count). The van der Waals surface area contributed by atoms with Crippen molar-refractivity contribution in [3.63, 3.8) is 0 Å². The van der Waals surface area contributed by atoms with Crippen LogP contribution in [0.25, 0.3) is 0 Å². The van der Waals surface area contributed by atoms with Gasteiger partial charge in [-0.15, -0.1) is 6.58 Å². The second-order valence-corrected chi connectivity index (χ2v) is 19.8. The Kier molecular flexibility index (Phi) is 25.4. The van der Waals surface area contributed by atoms with E-state index in [2.05, 4.69) is 12.7 Å². The van der Waals surface area contributed by atoms with Crippen LogP contribution in [0.15, 0.2) is 47.6 Å². The van der Waals surface area contributed by atoms with Crippen molar-refractivity contribution in [1.82, 2.24) is 0 Å². The minimum atomic E-state index is -1.82. The Morgan fingerprint density at radius 3 is 1.36 bits per heavy atom. The first-order valence-electron chi connectivity index (χ1n) is 25.0. The molecule has 0 spiro atoms. The molecule has 76 heavy (non-hydrogen) atoms. The molecule has 12 N–H and O–H groups in total. The van der Waals surface area contributed by atoms with Gasteiger partial charge in [-0.3, -0.25) is 19.2 Å². The van der Waals surface area contributed by atoms with E-state index in [0.717, 1.165) is 29.6 Å². The molecule has 21 atom stereocenters. The van der Waals surface area contributed by atoms with E-state index in [1.807, 2.05) is 26.0 Å². The van der Waals surface area contributed by atoms with Crippen molar-refractivity contribution in [3.8, 4) is 0 Å². The third-order valence-corrected chi connectivity index (χ3v) is 13.4. The van der Waals surface area contributed by atoms with E-state index in [9.17, 15) is 70.2 Å². The molecule has 0 amide bonds. The maximum atomic E-state index is 12.2. The number of aliphatic hydroxyl groups excluding tert-OH is 10. The van der Waals surface area contributed by atoms with Crippen LogP contribution in [0.4, 0.5) is 0 Å². The monoisotopic (exact) mass is 1090 g/mol. The third kappa shape index (κ3) is 18.6. The number of hydrogen-bond acceptors (Lipinski definition) is 24. The van der Waals surface area contributed by atoms with Crippen molar-refractivity contribution in [2.75, 3.05) is 19.8 Å². The molecule has 4 heterocycles. The Hall–Kier alpha value is -3.88. The molecule has 26 heteroatoms. The van der Waals surface area contributed by atoms with Gasteiger partial charge in [0.2, 0.25) is 0 Å². The van der Waals surface area contributed by atoms with Crippen molar-refractivity contribution < 1.29 is 128 Å². The second kappa shape index (κ2) is 29.9. The minimum absolute atomic E-state index is 0.0550. The Labute approximate surface area is 439 Å². The SMILES string of the molecule is C=C[C@](C)(CC/C=C(\C)CC/C=C(\C)CC/C=C(/C)CO[C@@H]1O[C@H](COC(=O)CC(=O)O)[C@H](O[C@@H]2O[C@@H](C)[C@H](O)[C@@H](O)[C@H]2O)[C@H](O)[C@H]1O)O[C@@H]1O[C@H](COC(=O)CC(=O)O)[C@@H](O[C@@H]2O[C@@H](C)[C@H](O)[C@@H](O)[C@H]2O)[C@H](O)[C@H]1O. The molecule has 0 aliphatic carbocycles. The van der Waals surface area contributed by atoms with Crippen molar-refractivity contribution in [2.45, 2.75) is 221 Å². The van der Waals surface area contributed by atoms with Gasteiger partial charge in [0, 0.05) is 0 Å². The lowest BCUT2D eigenvalue weighted by atomic mass is 9.95. The molecule has 0 aromatic heterocycles. The van der Waals surface area contributed by atoms with E-state index < -0.39 is 178 Å². The predicted octanol–water partition coefficient (Wildman–Crippen LogP) is -1.50. The van der Waals surface area contributed by atoms with Crippen LogP contribution in [0, 0.1) is 0 Å². The molecular formula is C50H78O26. The summed E-state index contributed by atoms with van der Waals surface area (Å²) in [7, 11) is 0. The number of rotatable bonds is 27. The van der Waals surface area contributed by atoms with E-state index in [1.54, 1.807) is 13.8 Å². The largest absolute Gasteiger partial charge is 0.481 e. The van der Waals surface area contributed by atoms with E-state index in [4.69, 9.17) is 57.6 Å². The van der Waals surface area contributed by atoms with E-state index in [-0.39, 0.29) is 6.61 Å². The van der Waals surface area contributed by atoms with Crippen molar-refractivity contribution in [3.05, 3.63) is 47.6 Å². The lowest BCUT2D eigenvalue weighted by Gasteiger charge is -2.47. The number of carbonyl (C=O) groups is 4. The summed E-state index contributed by atoms with van der Waals surface area (Å²) < 4.78 is 56.3. The van der Waals surface area contributed by atoms with Crippen LogP contribution in [-0.2, 0) is 66.5 Å². The van der Waals surface area contributed by atoms with Crippen LogP contribution in [0.5, 0.6) is 0 Å². The number of ether oxygens (including phenoxy) is 10. The van der Waals surface area contributed by atoms with Crippen LogP contribution >= 0.6 is 0 Å². The smallest absolute Gasteiger partial charge is 0.317 e. The Bertz CT molecular complexity index is 2000. The topological polar surface area (TPSA) is 403 Å². The van der Waals surface area contributed by atoms with Gasteiger partial charge in [-0.2, -0.15) is 0 Å². The van der Waals surface area contributed by atoms with Crippen LogP contribution < -0.4 is 0 Å². The first-order valence-corrected chi connectivity index (χ1v) is 25.0. The fraction of sp³-hybridized carbons (Fsp3) is 0.760. The summed E-state index contributed by atoms with van der Waals surface area (Å²) in [5, 5.41) is 124. The molecule has 0 aromatic carbocycles. The molecule has 4 aliphatic heterocycles. The number of esters is 2. The van der Waals surface area contributed by atoms with E-state index in [0.29, 0.717) is 25.7 Å². The highest BCUT2D eigenvalue weighted by atomic mass is 16.8. The van der Waals surface area contributed by atoms with Crippen molar-refractivity contribution in [1.29, 1.82) is 0 Å². The summed E-state index contributed by atoms with van der Waals surface area (Å²) in [6.07, 6.45) is -22.1. The molecule has 26 nitrogen and oxygen atoms in total. The molecule has 434 valence electrons. The lowest BCUT2D eigenvalue weighted by Crippen LogP contribution is -2.64. The maximum Gasteiger partial charge on any atom is 0.317 e. The Morgan fingerprint density at radius 1 is 0.526 bits per heavy atom. The van der Waals surface area contributed by atoms with Crippen LogP contribution in [0.1, 0.15) is 92.9 Å². The Morgan fingerprint density at radius 2 is 0.921 bits per heavy atom. The number of carboxylic acids is 2. The molecule has 0 unspecified atom stereocenters. The number of aliphatic hydroxyl groups is 10. The quantitative estimate of drug-likeness (QED) is 0.0253. The number of allylic oxidation sites excluding steroid dienone is 5. The van der Waals surface area contributed by atoms with E-state index in [1.165, 1.54) is 19.9 Å². The van der Waals surface area contributed by atoms with Crippen LogP contribution in [-0.4, -0.2) is 233 Å². The number of carbonyl (C=O) groups excluding carboxylic acids is 2. The van der Waals surface area contributed by atoms with Gasteiger partial charge >= 0.3 is 23.9 Å². The highest BCUT2D eigenvalue weighted by Crippen LogP contribution is 2.34. The molecule has 0 saturated carbocycles. The highest BCUT2D eigenvalue weighted by Gasteiger charge is 2.53. The number of aliphatic carboxylic acids is 2. The van der Waals surface area contributed by atoms with Gasteiger partial charge in [-0.25, -0.2) is 0 Å². The van der Waals surface area contributed by atoms with Gasteiger partial charge in [0.05, 0.1) is 24.4 Å². The molecular weight excluding hydrogens is 1020 g/mol. The van der Waals surface area contributed by atoms with Gasteiger partial charge in [-0.1, -0.05) is 41.0 Å². The fourth-order valence-electron chi connectivity index (χ4n) is 8.56. The first-order chi connectivity index (χ1) is 35.7. The Balaban J connectivity index is 1.27. The van der Waals surface area contributed by atoms with Gasteiger partial charge in [0.15, 0.2) is 25.2 Å². The fourth-order valence-corrected chi connectivity index (χ4v) is 8.56. The normalized spacial score (nSPS) is 37.4. The summed E-state index contributed by atoms with van der Waals surface area (Å²) in [5.74, 6) is -5.18. The summed E-state index contributed by atoms with van der Waals surface area (Å²) in [6.45, 7) is 12.7. The molecule has 4 aliphatic rings. The summed E-state index contributed by atoms with van der Waals surface area (Å²) in [6, 6.07) is 0. The maximum absolute atomic E-state index is 12.2. The highest BCUT2D eigenvalue weighted by molar-refractivity contribution is 5.90.